The fourth-order valence-electron chi connectivity index (χ4n) is 4.10. The number of alkyl halides is 4. The Morgan fingerprint density at radius 1 is 0.882 bits per heavy atom. The number of hydrogen-bond donors (Lipinski definition) is 0. The van der Waals surface area contributed by atoms with Crippen molar-refractivity contribution in [3.8, 4) is 11.5 Å². The lowest BCUT2D eigenvalue weighted by atomic mass is 9.86. The summed E-state index contributed by atoms with van der Waals surface area (Å²) in [6, 6.07) is 11.2. The summed E-state index contributed by atoms with van der Waals surface area (Å²) in [4.78, 5) is 6.78. The third-order valence-electron chi connectivity index (χ3n) is 5.72. The second-order valence-corrected chi connectivity index (χ2v) is 7.93. The molecular weight excluding hydrogens is 454 g/mol. The van der Waals surface area contributed by atoms with E-state index < -0.39 is 24.7 Å². The molecule has 1 aliphatic rings. The Morgan fingerprint density at radius 3 is 2.15 bits per heavy atom. The van der Waals surface area contributed by atoms with Gasteiger partial charge in [-0.2, -0.15) is 22.3 Å². The van der Waals surface area contributed by atoms with Crippen molar-refractivity contribution in [1.82, 2.24) is 4.98 Å². The van der Waals surface area contributed by atoms with Gasteiger partial charge in [0.2, 0.25) is 0 Å². The van der Waals surface area contributed by atoms with Crippen LogP contribution >= 0.6 is 0 Å². The Hall–Kier alpha value is -3.56. The van der Waals surface area contributed by atoms with Crippen molar-refractivity contribution in [2.45, 2.75) is 38.4 Å². The van der Waals surface area contributed by atoms with Crippen molar-refractivity contribution in [2.75, 3.05) is 18.0 Å². The molecule has 1 unspecified atom stereocenters. The first-order valence-electron chi connectivity index (χ1n) is 10.8. The SMILES string of the molecule is [O-][n+]1ccc(CC(c2ccc(N3CCCC3)nc2)c2ccc(OC(F)F)c(OC(F)F)c2)cc1. The molecule has 0 radical (unpaired) electrons. The molecule has 4 rings (SSSR count). The molecule has 34 heavy (non-hydrogen) atoms. The highest BCUT2D eigenvalue weighted by Gasteiger charge is 2.22. The predicted octanol–water partition coefficient (Wildman–Crippen LogP) is 4.89. The normalized spacial score (nSPS) is 14.6. The Bertz CT molecular complexity index is 1080. The Morgan fingerprint density at radius 2 is 1.53 bits per heavy atom. The quantitative estimate of drug-likeness (QED) is 0.250. The summed E-state index contributed by atoms with van der Waals surface area (Å²) in [5.41, 5.74) is 2.17. The minimum absolute atomic E-state index is 0.372. The fraction of sp³-hybridized carbons (Fsp3) is 0.333. The molecule has 0 spiro atoms. The Labute approximate surface area is 194 Å². The van der Waals surface area contributed by atoms with Crippen molar-refractivity contribution in [3.05, 3.63) is 83.0 Å². The summed E-state index contributed by atoms with van der Waals surface area (Å²) in [6.45, 7) is -4.52. The van der Waals surface area contributed by atoms with Crippen LogP contribution in [0.4, 0.5) is 23.4 Å². The summed E-state index contributed by atoms with van der Waals surface area (Å²) in [7, 11) is 0. The van der Waals surface area contributed by atoms with Gasteiger partial charge in [0.1, 0.15) is 5.82 Å². The van der Waals surface area contributed by atoms with Crippen LogP contribution < -0.4 is 19.1 Å². The zero-order chi connectivity index (χ0) is 24.1. The molecule has 0 amide bonds. The van der Waals surface area contributed by atoms with E-state index in [-0.39, 0.29) is 5.92 Å². The third-order valence-corrected chi connectivity index (χ3v) is 5.72. The number of nitrogens with zero attached hydrogens (tertiary/aromatic N) is 3. The van der Waals surface area contributed by atoms with Crippen molar-refractivity contribution in [3.63, 3.8) is 0 Å². The molecule has 3 heterocycles. The minimum Gasteiger partial charge on any atom is -0.619 e. The molecule has 2 aromatic heterocycles. The van der Waals surface area contributed by atoms with Gasteiger partial charge in [0, 0.05) is 37.3 Å². The monoisotopic (exact) mass is 477 g/mol. The van der Waals surface area contributed by atoms with E-state index in [1.165, 1.54) is 30.6 Å². The van der Waals surface area contributed by atoms with Crippen molar-refractivity contribution in [1.29, 1.82) is 0 Å². The van der Waals surface area contributed by atoms with Crippen LogP contribution in [0.5, 0.6) is 11.5 Å². The molecule has 0 bridgehead atoms. The predicted molar refractivity (Wildman–Crippen MR) is 116 cm³/mol. The van der Waals surface area contributed by atoms with E-state index in [4.69, 9.17) is 0 Å². The van der Waals surface area contributed by atoms with Crippen LogP contribution in [0.15, 0.2) is 61.1 Å². The van der Waals surface area contributed by atoms with E-state index in [0.29, 0.717) is 16.7 Å². The van der Waals surface area contributed by atoms with Gasteiger partial charge in [0.25, 0.3) is 0 Å². The van der Waals surface area contributed by atoms with Gasteiger partial charge in [-0.25, -0.2) is 4.98 Å². The lowest BCUT2D eigenvalue weighted by Gasteiger charge is -2.22. The summed E-state index contributed by atoms with van der Waals surface area (Å²) < 4.78 is 60.9. The third kappa shape index (κ3) is 5.86. The van der Waals surface area contributed by atoms with Crippen LogP contribution in [-0.4, -0.2) is 31.3 Å². The maximum atomic E-state index is 13.0. The fourth-order valence-corrected chi connectivity index (χ4v) is 4.10. The number of benzene rings is 1. The second kappa shape index (κ2) is 10.6. The van der Waals surface area contributed by atoms with Crippen LogP contribution in [0, 0.1) is 5.21 Å². The van der Waals surface area contributed by atoms with E-state index in [1.54, 1.807) is 18.3 Å². The summed E-state index contributed by atoms with van der Waals surface area (Å²) in [5, 5.41) is 11.4. The zero-order valence-corrected chi connectivity index (χ0v) is 18.1. The van der Waals surface area contributed by atoms with Crippen LogP contribution in [0.3, 0.4) is 0 Å². The highest BCUT2D eigenvalue weighted by molar-refractivity contribution is 5.48. The summed E-state index contributed by atoms with van der Waals surface area (Å²) >= 11 is 0. The molecule has 1 atom stereocenters. The second-order valence-electron chi connectivity index (χ2n) is 7.93. The van der Waals surface area contributed by atoms with Gasteiger partial charge in [0.15, 0.2) is 23.9 Å². The van der Waals surface area contributed by atoms with Gasteiger partial charge in [-0.15, -0.1) is 0 Å². The van der Waals surface area contributed by atoms with E-state index in [9.17, 15) is 22.8 Å². The molecule has 1 saturated heterocycles. The van der Waals surface area contributed by atoms with Gasteiger partial charge in [-0.05, 0) is 54.2 Å². The van der Waals surface area contributed by atoms with Crippen molar-refractivity contribution in [2.24, 2.45) is 0 Å². The number of aromatic nitrogens is 2. The molecule has 180 valence electrons. The largest absolute Gasteiger partial charge is 0.619 e. The van der Waals surface area contributed by atoms with E-state index in [1.807, 2.05) is 12.1 Å². The van der Waals surface area contributed by atoms with Gasteiger partial charge < -0.3 is 19.6 Å². The highest BCUT2D eigenvalue weighted by Crippen LogP contribution is 2.37. The lowest BCUT2D eigenvalue weighted by molar-refractivity contribution is -0.605. The average molecular weight is 477 g/mol. The van der Waals surface area contributed by atoms with Crippen LogP contribution in [0.1, 0.15) is 35.4 Å². The minimum atomic E-state index is -3.21. The standard InChI is InChI=1S/C24H23F4N3O3/c25-23(26)33-20-5-3-17(14-21(20)34-24(27)28)19(13-16-7-11-31(32)12-8-16)18-4-6-22(29-15-18)30-9-1-2-10-30/h3-8,11-12,14-15,19,23-24H,1-2,9-10,13H2. The highest BCUT2D eigenvalue weighted by atomic mass is 19.3. The number of halogens is 4. The lowest BCUT2D eigenvalue weighted by Crippen LogP contribution is -2.24. The number of anilines is 1. The molecule has 3 aromatic rings. The van der Waals surface area contributed by atoms with Crippen LogP contribution in [0.25, 0.3) is 0 Å². The molecule has 0 saturated carbocycles. The molecule has 0 N–H and O–H groups in total. The number of ether oxygens (including phenoxy) is 2. The van der Waals surface area contributed by atoms with E-state index in [2.05, 4.69) is 19.4 Å². The molecule has 0 aliphatic carbocycles. The zero-order valence-electron chi connectivity index (χ0n) is 18.1. The number of hydrogen-bond acceptors (Lipinski definition) is 5. The van der Waals surface area contributed by atoms with Crippen LogP contribution in [-0.2, 0) is 6.42 Å². The Kier molecular flexibility index (Phi) is 7.34. The summed E-state index contributed by atoms with van der Waals surface area (Å²) in [6.07, 6.45) is 7.10. The molecule has 6 nitrogen and oxygen atoms in total. The molecule has 1 aromatic carbocycles. The van der Waals surface area contributed by atoms with Gasteiger partial charge in [-0.1, -0.05) is 12.1 Å². The van der Waals surface area contributed by atoms with E-state index >= 15 is 0 Å². The first kappa shape index (κ1) is 23.6. The van der Waals surface area contributed by atoms with Gasteiger partial charge in [0.05, 0.1) is 0 Å². The molecule has 10 heteroatoms. The van der Waals surface area contributed by atoms with Crippen molar-refractivity contribution >= 4 is 5.82 Å². The number of pyridine rings is 2. The first-order chi connectivity index (χ1) is 16.4. The average Bonchev–Trinajstić information content (AvgIpc) is 3.34. The number of rotatable bonds is 9. The van der Waals surface area contributed by atoms with Crippen molar-refractivity contribution < 1.29 is 31.8 Å². The van der Waals surface area contributed by atoms with Gasteiger partial charge in [-0.3, -0.25) is 0 Å². The van der Waals surface area contributed by atoms with Crippen LogP contribution in [0.2, 0.25) is 0 Å². The first-order valence-corrected chi connectivity index (χ1v) is 10.8. The maximum absolute atomic E-state index is 13.0. The van der Waals surface area contributed by atoms with Gasteiger partial charge >= 0.3 is 13.2 Å². The molecule has 1 aliphatic heterocycles. The maximum Gasteiger partial charge on any atom is 0.387 e. The van der Waals surface area contributed by atoms with E-state index in [0.717, 1.165) is 42.9 Å². The topological polar surface area (TPSA) is 61.5 Å². The summed E-state index contributed by atoms with van der Waals surface area (Å²) in [5.74, 6) is -0.477. The molecular formula is C24H23F4N3O3. The smallest absolute Gasteiger partial charge is 0.387 e. The molecule has 1 fully saturated rings. The Balaban J connectivity index is 1.70.